The molecular formula is C26H24BrN3O3S. The van der Waals surface area contributed by atoms with Crippen LogP contribution in [0, 0.1) is 0 Å². The molecule has 0 aromatic heterocycles. The molecule has 0 radical (unpaired) electrons. The molecule has 3 aromatic carbocycles. The first-order valence-electron chi connectivity index (χ1n) is 10.9. The van der Waals surface area contributed by atoms with E-state index in [9.17, 15) is 9.59 Å². The molecule has 0 spiro atoms. The third-order valence-electron chi connectivity index (χ3n) is 5.10. The van der Waals surface area contributed by atoms with Gasteiger partial charge in [0.25, 0.3) is 0 Å². The minimum atomic E-state index is -0.579. The average Bonchev–Trinajstić information content (AvgIpc) is 2.84. The molecule has 1 heterocycles. The number of halogens is 1. The van der Waals surface area contributed by atoms with Crippen LogP contribution in [0.15, 0.2) is 88.3 Å². The number of amides is 2. The zero-order valence-corrected chi connectivity index (χ0v) is 21.0. The van der Waals surface area contributed by atoms with Gasteiger partial charge in [0, 0.05) is 16.6 Å². The van der Waals surface area contributed by atoms with E-state index >= 15 is 0 Å². The van der Waals surface area contributed by atoms with Gasteiger partial charge in [-0.3, -0.25) is 14.5 Å². The van der Waals surface area contributed by atoms with Gasteiger partial charge in [-0.1, -0.05) is 58.0 Å². The first-order chi connectivity index (χ1) is 16.5. The van der Waals surface area contributed by atoms with Crippen molar-refractivity contribution < 1.29 is 14.3 Å². The van der Waals surface area contributed by atoms with Crippen LogP contribution in [-0.2, 0) is 16.1 Å². The van der Waals surface area contributed by atoms with E-state index in [4.69, 9.17) is 9.73 Å². The van der Waals surface area contributed by atoms with Crippen molar-refractivity contribution in [1.82, 2.24) is 4.90 Å². The van der Waals surface area contributed by atoms with Crippen molar-refractivity contribution in [1.29, 1.82) is 0 Å². The van der Waals surface area contributed by atoms with Crippen molar-refractivity contribution in [3.63, 3.8) is 0 Å². The summed E-state index contributed by atoms with van der Waals surface area (Å²) in [6.07, 6.45) is 0.0994. The van der Waals surface area contributed by atoms with E-state index in [0.29, 0.717) is 29.7 Å². The lowest BCUT2D eigenvalue weighted by atomic mass is 10.2. The fourth-order valence-corrected chi connectivity index (χ4v) is 4.78. The summed E-state index contributed by atoms with van der Waals surface area (Å²) in [4.78, 5) is 32.6. The molecule has 0 saturated carbocycles. The maximum absolute atomic E-state index is 13.2. The van der Waals surface area contributed by atoms with E-state index in [1.54, 1.807) is 4.90 Å². The minimum absolute atomic E-state index is 0.0994. The summed E-state index contributed by atoms with van der Waals surface area (Å²) in [7, 11) is 0. The summed E-state index contributed by atoms with van der Waals surface area (Å²) in [5.41, 5.74) is 2.36. The second kappa shape index (κ2) is 11.4. The van der Waals surface area contributed by atoms with Crippen molar-refractivity contribution >= 4 is 56.0 Å². The number of hydrogen-bond donors (Lipinski definition) is 1. The number of nitrogens with zero attached hydrogens (tertiary/aromatic N) is 2. The van der Waals surface area contributed by atoms with Gasteiger partial charge in [-0.25, -0.2) is 4.99 Å². The highest BCUT2D eigenvalue weighted by molar-refractivity contribution is 9.10. The molecule has 34 heavy (non-hydrogen) atoms. The predicted molar refractivity (Wildman–Crippen MR) is 140 cm³/mol. The van der Waals surface area contributed by atoms with Gasteiger partial charge in [-0.05, 0) is 61.0 Å². The van der Waals surface area contributed by atoms with Crippen LogP contribution in [0.1, 0.15) is 18.9 Å². The first-order valence-corrected chi connectivity index (χ1v) is 12.6. The number of carbonyl (C=O) groups is 2. The molecule has 0 bridgehead atoms. The van der Waals surface area contributed by atoms with E-state index in [2.05, 4.69) is 21.2 Å². The van der Waals surface area contributed by atoms with Crippen molar-refractivity contribution in [3.8, 4) is 5.75 Å². The zero-order chi connectivity index (χ0) is 23.9. The standard InChI is InChI=1S/C26H24BrN3O3S/c1-2-33-22-14-12-21(13-15-22)29-26-30(17-18-6-4-3-5-7-18)24(31)16-23(34-26)25(32)28-20-10-8-19(27)9-11-20/h3-15,23H,2,16-17H2,1H3,(H,28,32). The van der Waals surface area contributed by atoms with Gasteiger partial charge in [-0.15, -0.1) is 0 Å². The predicted octanol–water partition coefficient (Wildman–Crippen LogP) is 6.01. The van der Waals surface area contributed by atoms with Gasteiger partial charge in [-0.2, -0.15) is 0 Å². The number of carbonyl (C=O) groups excluding carboxylic acids is 2. The van der Waals surface area contributed by atoms with Gasteiger partial charge in [0.05, 0.1) is 18.8 Å². The summed E-state index contributed by atoms with van der Waals surface area (Å²) in [5, 5.41) is 2.83. The molecule has 1 fully saturated rings. The zero-order valence-electron chi connectivity index (χ0n) is 18.6. The lowest BCUT2D eigenvalue weighted by Gasteiger charge is -2.32. The largest absolute Gasteiger partial charge is 0.494 e. The molecule has 1 aliphatic rings. The molecular weight excluding hydrogens is 514 g/mol. The van der Waals surface area contributed by atoms with Crippen LogP contribution in [0.5, 0.6) is 5.75 Å². The Balaban J connectivity index is 1.58. The number of nitrogens with one attached hydrogen (secondary N) is 1. The molecule has 1 saturated heterocycles. The van der Waals surface area contributed by atoms with E-state index in [1.165, 1.54) is 11.8 Å². The number of amidine groups is 1. The third-order valence-corrected chi connectivity index (χ3v) is 6.82. The van der Waals surface area contributed by atoms with Crippen molar-refractivity contribution in [2.24, 2.45) is 4.99 Å². The van der Waals surface area contributed by atoms with Gasteiger partial charge in [0.1, 0.15) is 11.0 Å². The average molecular weight is 538 g/mol. The molecule has 1 aliphatic heterocycles. The second-order valence-electron chi connectivity index (χ2n) is 7.59. The molecule has 8 heteroatoms. The number of aliphatic imine (C=N–C) groups is 1. The van der Waals surface area contributed by atoms with Crippen molar-refractivity contribution in [2.75, 3.05) is 11.9 Å². The highest BCUT2D eigenvalue weighted by Gasteiger charge is 2.36. The monoisotopic (exact) mass is 537 g/mol. The minimum Gasteiger partial charge on any atom is -0.494 e. The highest BCUT2D eigenvalue weighted by atomic mass is 79.9. The molecule has 6 nitrogen and oxygen atoms in total. The Morgan fingerprint density at radius 3 is 2.47 bits per heavy atom. The van der Waals surface area contributed by atoms with Crippen molar-refractivity contribution in [3.05, 3.63) is 88.9 Å². The first kappa shape index (κ1) is 24.0. The Bertz CT molecular complexity index is 1170. The van der Waals surface area contributed by atoms with Gasteiger partial charge < -0.3 is 10.1 Å². The summed E-state index contributed by atoms with van der Waals surface area (Å²) >= 11 is 4.70. The molecule has 3 aromatic rings. The van der Waals surface area contributed by atoms with Gasteiger partial charge >= 0.3 is 0 Å². The van der Waals surface area contributed by atoms with E-state index in [0.717, 1.165) is 15.8 Å². The normalized spacial score (nSPS) is 17.0. The maximum atomic E-state index is 13.2. The lowest BCUT2D eigenvalue weighted by Crippen LogP contribution is -2.44. The van der Waals surface area contributed by atoms with Crippen molar-refractivity contribution in [2.45, 2.75) is 25.1 Å². The number of hydrogen-bond acceptors (Lipinski definition) is 5. The van der Waals surface area contributed by atoms with Crippen LogP contribution in [0.2, 0.25) is 0 Å². The SMILES string of the molecule is CCOc1ccc(N=C2SC(C(=O)Nc3ccc(Br)cc3)CC(=O)N2Cc2ccccc2)cc1. The summed E-state index contributed by atoms with van der Waals surface area (Å²) < 4.78 is 6.43. The van der Waals surface area contributed by atoms with E-state index in [-0.39, 0.29) is 18.2 Å². The van der Waals surface area contributed by atoms with Crippen LogP contribution in [0.25, 0.3) is 0 Å². The molecule has 0 aliphatic carbocycles. The summed E-state index contributed by atoms with van der Waals surface area (Å²) in [6.45, 7) is 2.90. The lowest BCUT2D eigenvalue weighted by molar-refractivity contribution is -0.129. The van der Waals surface area contributed by atoms with E-state index < -0.39 is 5.25 Å². The Labute approximate surface area is 211 Å². The fourth-order valence-electron chi connectivity index (χ4n) is 3.41. The van der Waals surface area contributed by atoms with Crippen LogP contribution in [0.4, 0.5) is 11.4 Å². The highest BCUT2D eigenvalue weighted by Crippen LogP contribution is 2.31. The Hall–Kier alpha value is -3.10. The maximum Gasteiger partial charge on any atom is 0.238 e. The van der Waals surface area contributed by atoms with Crippen LogP contribution < -0.4 is 10.1 Å². The van der Waals surface area contributed by atoms with Crippen LogP contribution in [-0.4, -0.2) is 33.7 Å². The number of ether oxygens (including phenoxy) is 1. The number of anilines is 1. The summed E-state index contributed by atoms with van der Waals surface area (Å²) in [6, 6.07) is 24.5. The van der Waals surface area contributed by atoms with Crippen LogP contribution in [0.3, 0.4) is 0 Å². The number of benzene rings is 3. The molecule has 4 rings (SSSR count). The van der Waals surface area contributed by atoms with Gasteiger partial charge in [0.15, 0.2) is 5.17 Å². The van der Waals surface area contributed by atoms with Crippen LogP contribution >= 0.6 is 27.7 Å². The molecule has 1 atom stereocenters. The fraction of sp³-hybridized carbons (Fsp3) is 0.192. The Morgan fingerprint density at radius 2 is 1.79 bits per heavy atom. The smallest absolute Gasteiger partial charge is 0.238 e. The molecule has 1 N–H and O–H groups in total. The molecule has 2 amide bonds. The van der Waals surface area contributed by atoms with E-state index in [1.807, 2.05) is 85.8 Å². The third kappa shape index (κ3) is 6.27. The quantitative estimate of drug-likeness (QED) is 0.400. The molecule has 1 unspecified atom stereocenters. The number of rotatable bonds is 7. The second-order valence-corrected chi connectivity index (χ2v) is 9.68. The molecule has 174 valence electrons. The Morgan fingerprint density at radius 1 is 1.09 bits per heavy atom. The number of thioether (sulfide) groups is 1. The topological polar surface area (TPSA) is 71.0 Å². The summed E-state index contributed by atoms with van der Waals surface area (Å²) in [5.74, 6) is 0.398. The Kier molecular flexibility index (Phi) is 8.03. The van der Waals surface area contributed by atoms with Gasteiger partial charge in [0.2, 0.25) is 11.8 Å².